The Morgan fingerprint density at radius 2 is 2.03 bits per heavy atom. The molecule has 0 saturated carbocycles. The summed E-state index contributed by atoms with van der Waals surface area (Å²) in [4.78, 5) is 33.7. The normalized spacial score (nSPS) is 16.4. The highest BCUT2D eigenvalue weighted by molar-refractivity contribution is 5.99. The number of aryl methyl sites for hydroxylation is 1. The molecular formula is C26H29N5O3. The van der Waals surface area contributed by atoms with Crippen molar-refractivity contribution in [2.75, 3.05) is 32.0 Å². The molecule has 0 spiro atoms. The maximum atomic E-state index is 13.4. The second-order valence-corrected chi connectivity index (χ2v) is 9.18. The van der Waals surface area contributed by atoms with Crippen molar-refractivity contribution in [3.63, 3.8) is 0 Å². The van der Waals surface area contributed by atoms with Gasteiger partial charge in [-0.1, -0.05) is 35.5 Å². The number of fused-ring (bicyclic) bond motifs is 1. The minimum atomic E-state index is -0.104. The van der Waals surface area contributed by atoms with Crippen LogP contribution in [-0.2, 0) is 22.4 Å². The zero-order chi connectivity index (χ0) is 23.7. The second kappa shape index (κ2) is 9.38. The lowest BCUT2D eigenvalue weighted by Gasteiger charge is -2.32. The average molecular weight is 460 g/mol. The van der Waals surface area contributed by atoms with E-state index in [0.717, 1.165) is 47.6 Å². The SMILES string of the molecule is Cc1nc(-c2cccc(C(CN3CCCC3)N(C)C(=O)Cc3ccc4c(c3)NC(=O)C4)c2)no1. The fourth-order valence-electron chi connectivity index (χ4n) is 4.81. The maximum absolute atomic E-state index is 13.4. The molecule has 34 heavy (non-hydrogen) atoms. The Labute approximate surface area is 198 Å². The van der Waals surface area contributed by atoms with Gasteiger partial charge in [0.15, 0.2) is 0 Å². The van der Waals surface area contributed by atoms with Crippen LogP contribution in [0.5, 0.6) is 0 Å². The first-order chi connectivity index (χ1) is 16.5. The molecule has 1 atom stereocenters. The molecule has 1 unspecified atom stereocenters. The molecule has 3 aromatic rings. The van der Waals surface area contributed by atoms with Crippen LogP contribution in [0.4, 0.5) is 5.69 Å². The fraction of sp³-hybridized carbons (Fsp3) is 0.385. The lowest BCUT2D eigenvalue weighted by atomic mass is 10.0. The largest absolute Gasteiger partial charge is 0.339 e. The molecule has 1 fully saturated rings. The first kappa shape index (κ1) is 22.3. The van der Waals surface area contributed by atoms with Crippen molar-refractivity contribution in [2.24, 2.45) is 0 Å². The minimum absolute atomic E-state index is 0.00190. The molecule has 8 nitrogen and oxygen atoms in total. The van der Waals surface area contributed by atoms with Crippen molar-refractivity contribution in [1.29, 1.82) is 0 Å². The molecule has 2 amide bonds. The first-order valence-electron chi connectivity index (χ1n) is 11.8. The Kier molecular flexibility index (Phi) is 6.15. The molecule has 2 aliphatic heterocycles. The van der Waals surface area contributed by atoms with Crippen LogP contribution in [-0.4, -0.2) is 58.4 Å². The van der Waals surface area contributed by atoms with Crippen molar-refractivity contribution in [3.05, 3.63) is 65.0 Å². The van der Waals surface area contributed by atoms with E-state index in [9.17, 15) is 9.59 Å². The van der Waals surface area contributed by atoms with E-state index >= 15 is 0 Å². The minimum Gasteiger partial charge on any atom is -0.339 e. The molecule has 1 saturated heterocycles. The lowest BCUT2D eigenvalue weighted by Crippen LogP contribution is -2.39. The number of likely N-dealkylation sites (tertiary alicyclic amines) is 1. The summed E-state index contributed by atoms with van der Waals surface area (Å²) >= 11 is 0. The van der Waals surface area contributed by atoms with Gasteiger partial charge in [0.2, 0.25) is 23.5 Å². The molecule has 176 valence electrons. The van der Waals surface area contributed by atoms with E-state index in [1.165, 1.54) is 12.8 Å². The van der Waals surface area contributed by atoms with Gasteiger partial charge in [0.25, 0.3) is 0 Å². The standard InChI is InChI=1S/C26H29N5O3/c1-17-27-26(29-34-17)21-7-5-6-20(14-21)23(16-31-10-3-4-11-31)30(2)25(33)13-18-8-9-19-15-24(32)28-22(19)12-18/h5-9,12,14,23H,3-4,10-11,13,15-16H2,1-2H3,(H,28,32). The third kappa shape index (κ3) is 4.72. The summed E-state index contributed by atoms with van der Waals surface area (Å²) in [6.07, 6.45) is 3.05. The summed E-state index contributed by atoms with van der Waals surface area (Å²) in [5.74, 6) is 1.10. The molecule has 2 aliphatic rings. The summed E-state index contributed by atoms with van der Waals surface area (Å²) < 4.78 is 5.16. The number of benzene rings is 2. The molecule has 3 heterocycles. The molecule has 1 aromatic heterocycles. The van der Waals surface area contributed by atoms with Crippen LogP contribution in [0.25, 0.3) is 11.4 Å². The fourth-order valence-corrected chi connectivity index (χ4v) is 4.81. The van der Waals surface area contributed by atoms with E-state index in [-0.39, 0.29) is 24.3 Å². The Morgan fingerprint density at radius 1 is 1.21 bits per heavy atom. The Hall–Kier alpha value is -3.52. The zero-order valence-corrected chi connectivity index (χ0v) is 19.6. The number of carbonyl (C=O) groups is 2. The third-order valence-electron chi connectivity index (χ3n) is 6.70. The molecule has 0 aliphatic carbocycles. The van der Waals surface area contributed by atoms with Crippen LogP contribution < -0.4 is 5.32 Å². The van der Waals surface area contributed by atoms with Gasteiger partial charge in [-0.3, -0.25) is 9.59 Å². The quantitative estimate of drug-likeness (QED) is 0.583. The molecule has 8 heteroatoms. The van der Waals surface area contributed by atoms with Crippen LogP contribution in [0.2, 0.25) is 0 Å². The molecule has 0 radical (unpaired) electrons. The smallest absolute Gasteiger partial charge is 0.228 e. The topological polar surface area (TPSA) is 91.6 Å². The Balaban J connectivity index is 1.38. The van der Waals surface area contributed by atoms with E-state index in [0.29, 0.717) is 18.1 Å². The monoisotopic (exact) mass is 459 g/mol. The van der Waals surface area contributed by atoms with Gasteiger partial charge in [-0.15, -0.1) is 0 Å². The number of hydrogen-bond acceptors (Lipinski definition) is 6. The molecule has 1 N–H and O–H groups in total. The summed E-state index contributed by atoms with van der Waals surface area (Å²) in [6, 6.07) is 13.8. The predicted molar refractivity (Wildman–Crippen MR) is 128 cm³/mol. The van der Waals surface area contributed by atoms with E-state index in [1.807, 2.05) is 42.3 Å². The van der Waals surface area contributed by atoms with Crippen molar-refractivity contribution in [3.8, 4) is 11.4 Å². The summed E-state index contributed by atoms with van der Waals surface area (Å²) in [7, 11) is 1.88. The highest BCUT2D eigenvalue weighted by Gasteiger charge is 2.27. The van der Waals surface area contributed by atoms with Gasteiger partial charge in [-0.2, -0.15) is 4.98 Å². The molecule has 0 bridgehead atoms. The second-order valence-electron chi connectivity index (χ2n) is 9.18. The number of amides is 2. The van der Waals surface area contributed by atoms with Crippen LogP contribution in [0.15, 0.2) is 47.0 Å². The number of rotatable bonds is 7. The van der Waals surface area contributed by atoms with E-state index in [2.05, 4.69) is 32.5 Å². The Bertz CT molecular complexity index is 1210. The van der Waals surface area contributed by atoms with E-state index in [4.69, 9.17) is 4.52 Å². The summed E-state index contributed by atoms with van der Waals surface area (Å²) in [6.45, 7) is 4.64. The van der Waals surface area contributed by atoms with Gasteiger partial charge >= 0.3 is 0 Å². The zero-order valence-electron chi connectivity index (χ0n) is 19.6. The van der Waals surface area contributed by atoms with Crippen LogP contribution in [0, 0.1) is 6.92 Å². The van der Waals surface area contributed by atoms with Gasteiger partial charge in [-0.25, -0.2) is 0 Å². The van der Waals surface area contributed by atoms with E-state index in [1.54, 1.807) is 6.92 Å². The molecule has 5 rings (SSSR count). The number of carbonyl (C=O) groups excluding carboxylic acids is 2. The lowest BCUT2D eigenvalue weighted by molar-refractivity contribution is -0.131. The number of nitrogens with one attached hydrogen (secondary N) is 1. The third-order valence-corrected chi connectivity index (χ3v) is 6.70. The highest BCUT2D eigenvalue weighted by Crippen LogP contribution is 2.28. The van der Waals surface area contributed by atoms with Gasteiger partial charge in [0, 0.05) is 31.8 Å². The van der Waals surface area contributed by atoms with Gasteiger partial charge in [-0.05, 0) is 54.8 Å². The van der Waals surface area contributed by atoms with Gasteiger partial charge in [0.1, 0.15) is 0 Å². The summed E-state index contributed by atoms with van der Waals surface area (Å²) in [5.41, 5.74) is 4.61. The van der Waals surface area contributed by atoms with Crippen LogP contribution in [0.1, 0.15) is 41.5 Å². The summed E-state index contributed by atoms with van der Waals surface area (Å²) in [5, 5.41) is 6.92. The number of aromatic nitrogens is 2. The number of anilines is 1. The number of nitrogens with zero attached hydrogens (tertiary/aromatic N) is 4. The number of likely N-dealkylation sites (N-methyl/N-ethyl adjacent to an activating group) is 1. The molecular weight excluding hydrogens is 430 g/mol. The Morgan fingerprint density at radius 3 is 2.79 bits per heavy atom. The highest BCUT2D eigenvalue weighted by atomic mass is 16.5. The number of hydrogen-bond donors (Lipinski definition) is 1. The van der Waals surface area contributed by atoms with Crippen molar-refractivity contribution < 1.29 is 14.1 Å². The van der Waals surface area contributed by atoms with Gasteiger partial charge < -0.3 is 19.6 Å². The van der Waals surface area contributed by atoms with Crippen molar-refractivity contribution in [2.45, 2.75) is 38.6 Å². The van der Waals surface area contributed by atoms with Crippen molar-refractivity contribution >= 4 is 17.5 Å². The van der Waals surface area contributed by atoms with Crippen LogP contribution in [0.3, 0.4) is 0 Å². The van der Waals surface area contributed by atoms with Gasteiger partial charge in [0.05, 0.1) is 18.9 Å². The van der Waals surface area contributed by atoms with Crippen molar-refractivity contribution in [1.82, 2.24) is 19.9 Å². The maximum Gasteiger partial charge on any atom is 0.228 e. The molecule has 2 aromatic carbocycles. The van der Waals surface area contributed by atoms with E-state index < -0.39 is 0 Å². The first-order valence-corrected chi connectivity index (χ1v) is 11.8. The predicted octanol–water partition coefficient (Wildman–Crippen LogP) is 3.38. The van der Waals surface area contributed by atoms with Crippen LogP contribution >= 0.6 is 0 Å². The average Bonchev–Trinajstić information content (AvgIpc) is 3.57.